The van der Waals surface area contributed by atoms with Crippen LogP contribution in [0.25, 0.3) is 0 Å². The minimum Gasteiger partial charge on any atom is -0.366 e. The Morgan fingerprint density at radius 2 is 2.04 bits per heavy atom. The van der Waals surface area contributed by atoms with Crippen molar-refractivity contribution in [1.29, 1.82) is 0 Å². The van der Waals surface area contributed by atoms with Gasteiger partial charge in [-0.2, -0.15) is 4.31 Å². The number of nitrogens with two attached hydrogens (primary N) is 1. The smallest absolute Gasteiger partial charge is 0.249 e. The molecule has 0 bridgehead atoms. The maximum absolute atomic E-state index is 13.1. The number of piperidine rings is 1. The number of rotatable bonds is 3. The number of aryl methyl sites for hydroxylation is 1. The van der Waals surface area contributed by atoms with Crippen LogP contribution in [0.4, 0.5) is 0 Å². The Morgan fingerprint density at radius 1 is 1.30 bits per heavy atom. The minimum atomic E-state index is -3.61. The molecule has 2 saturated heterocycles. The van der Waals surface area contributed by atoms with Crippen molar-refractivity contribution in [3.05, 3.63) is 29.3 Å². The summed E-state index contributed by atoms with van der Waals surface area (Å²) in [5, 5.41) is 0. The molecule has 0 aliphatic carbocycles. The van der Waals surface area contributed by atoms with Crippen LogP contribution in [0.2, 0.25) is 0 Å². The molecule has 3 rings (SSSR count). The normalized spacial score (nSPS) is 26.2. The van der Waals surface area contributed by atoms with Gasteiger partial charge in [0, 0.05) is 31.2 Å². The number of sulfonamides is 1. The zero-order chi connectivity index (χ0) is 16.8. The van der Waals surface area contributed by atoms with E-state index in [1.165, 1.54) is 6.07 Å². The number of hydrogen-bond acceptors (Lipinski definition) is 4. The summed E-state index contributed by atoms with van der Waals surface area (Å²) in [4.78, 5) is 13.9. The lowest BCUT2D eigenvalue weighted by atomic mass is 9.94. The van der Waals surface area contributed by atoms with Crippen molar-refractivity contribution in [2.24, 2.45) is 11.7 Å². The highest BCUT2D eigenvalue weighted by molar-refractivity contribution is 7.89. The lowest BCUT2D eigenvalue weighted by molar-refractivity contribution is 0.0999. The molecule has 2 N–H and O–H groups in total. The van der Waals surface area contributed by atoms with E-state index in [1.807, 2.05) is 7.05 Å². The monoisotopic (exact) mass is 337 g/mol. The van der Waals surface area contributed by atoms with Crippen LogP contribution in [-0.4, -0.2) is 56.3 Å². The fourth-order valence-electron chi connectivity index (χ4n) is 3.81. The fraction of sp³-hybridized carbons (Fsp3) is 0.562. The van der Waals surface area contributed by atoms with Gasteiger partial charge >= 0.3 is 0 Å². The van der Waals surface area contributed by atoms with Crippen LogP contribution in [0.3, 0.4) is 0 Å². The Labute approximate surface area is 137 Å². The highest BCUT2D eigenvalue weighted by atomic mass is 32.2. The van der Waals surface area contributed by atoms with Crippen LogP contribution in [0.1, 0.15) is 28.8 Å². The molecule has 7 heteroatoms. The van der Waals surface area contributed by atoms with E-state index in [0.29, 0.717) is 18.0 Å². The van der Waals surface area contributed by atoms with Crippen molar-refractivity contribution in [2.75, 3.05) is 26.7 Å². The van der Waals surface area contributed by atoms with Gasteiger partial charge in [0.15, 0.2) is 0 Å². The van der Waals surface area contributed by atoms with E-state index in [-0.39, 0.29) is 16.5 Å². The molecule has 2 fully saturated rings. The Morgan fingerprint density at radius 3 is 2.74 bits per heavy atom. The van der Waals surface area contributed by atoms with Crippen LogP contribution in [0.5, 0.6) is 0 Å². The van der Waals surface area contributed by atoms with E-state index >= 15 is 0 Å². The van der Waals surface area contributed by atoms with Gasteiger partial charge in [0.25, 0.3) is 0 Å². The number of hydrogen-bond donors (Lipinski definition) is 1. The SMILES string of the molecule is Cc1ccc(S(=O)(=O)N2CCC[C@H]3CN(C)C[C@H]32)cc1C(N)=O. The van der Waals surface area contributed by atoms with E-state index < -0.39 is 15.9 Å². The number of nitrogens with zero attached hydrogens (tertiary/aromatic N) is 2. The third-order valence-electron chi connectivity index (χ3n) is 4.99. The van der Waals surface area contributed by atoms with Crippen molar-refractivity contribution in [3.63, 3.8) is 0 Å². The fourth-order valence-corrected chi connectivity index (χ4v) is 5.55. The van der Waals surface area contributed by atoms with Gasteiger partial charge in [-0.15, -0.1) is 0 Å². The van der Waals surface area contributed by atoms with E-state index in [2.05, 4.69) is 4.90 Å². The Kier molecular flexibility index (Phi) is 4.20. The number of benzene rings is 1. The first-order chi connectivity index (χ1) is 10.8. The number of carbonyl (C=O) groups excluding carboxylic acids is 1. The molecular weight excluding hydrogens is 314 g/mol. The van der Waals surface area contributed by atoms with Gasteiger partial charge < -0.3 is 10.6 Å². The summed E-state index contributed by atoms with van der Waals surface area (Å²) < 4.78 is 27.8. The number of amides is 1. The molecule has 126 valence electrons. The van der Waals surface area contributed by atoms with Gasteiger partial charge in [-0.25, -0.2) is 8.42 Å². The van der Waals surface area contributed by atoms with Gasteiger partial charge in [0.05, 0.1) is 4.90 Å². The summed E-state index contributed by atoms with van der Waals surface area (Å²) in [6.07, 6.45) is 1.95. The highest BCUT2D eigenvalue weighted by Crippen LogP contribution is 2.34. The lowest BCUT2D eigenvalue weighted by Crippen LogP contribution is -2.48. The highest BCUT2D eigenvalue weighted by Gasteiger charge is 2.43. The van der Waals surface area contributed by atoms with Gasteiger partial charge in [-0.3, -0.25) is 4.79 Å². The van der Waals surface area contributed by atoms with Crippen LogP contribution in [0.15, 0.2) is 23.1 Å². The number of fused-ring (bicyclic) bond motifs is 1. The molecule has 2 atom stereocenters. The standard InChI is InChI=1S/C16H23N3O3S/c1-11-5-6-13(8-14(11)16(17)20)23(21,22)19-7-3-4-12-9-18(2)10-15(12)19/h5-6,8,12,15H,3-4,7,9-10H2,1-2H3,(H2,17,20)/t12-,15+/m0/s1. The van der Waals surface area contributed by atoms with Gasteiger partial charge in [0.1, 0.15) is 0 Å². The molecule has 1 aromatic rings. The Hall–Kier alpha value is -1.44. The van der Waals surface area contributed by atoms with Crippen molar-refractivity contribution < 1.29 is 13.2 Å². The summed E-state index contributed by atoms with van der Waals surface area (Å²) >= 11 is 0. The lowest BCUT2D eigenvalue weighted by Gasteiger charge is -2.36. The van der Waals surface area contributed by atoms with Crippen LogP contribution in [0, 0.1) is 12.8 Å². The van der Waals surface area contributed by atoms with E-state index in [4.69, 9.17) is 5.73 Å². The topological polar surface area (TPSA) is 83.7 Å². The van der Waals surface area contributed by atoms with Gasteiger partial charge in [-0.1, -0.05) is 6.07 Å². The molecule has 1 aromatic carbocycles. The summed E-state index contributed by atoms with van der Waals surface area (Å²) in [7, 11) is -1.59. The number of likely N-dealkylation sites (N-methyl/N-ethyl adjacent to an activating group) is 1. The zero-order valence-corrected chi connectivity index (χ0v) is 14.3. The second-order valence-corrected chi connectivity index (χ2v) is 8.54. The van der Waals surface area contributed by atoms with E-state index in [0.717, 1.165) is 25.9 Å². The number of likely N-dealkylation sites (tertiary alicyclic amines) is 1. The number of primary amides is 1. The average molecular weight is 337 g/mol. The predicted molar refractivity (Wildman–Crippen MR) is 87.6 cm³/mol. The number of carbonyl (C=O) groups is 1. The first-order valence-electron chi connectivity index (χ1n) is 7.91. The van der Waals surface area contributed by atoms with Crippen LogP contribution >= 0.6 is 0 Å². The molecular formula is C16H23N3O3S. The molecule has 2 heterocycles. The minimum absolute atomic E-state index is 0.0251. The molecule has 6 nitrogen and oxygen atoms in total. The van der Waals surface area contributed by atoms with Crippen molar-refractivity contribution in [3.8, 4) is 0 Å². The second-order valence-electron chi connectivity index (χ2n) is 6.65. The first-order valence-corrected chi connectivity index (χ1v) is 9.35. The van der Waals surface area contributed by atoms with Crippen molar-refractivity contribution in [1.82, 2.24) is 9.21 Å². The average Bonchev–Trinajstić information content (AvgIpc) is 2.86. The van der Waals surface area contributed by atoms with Gasteiger partial charge in [0.2, 0.25) is 15.9 Å². The predicted octanol–water partition coefficient (Wildman–Crippen LogP) is 0.809. The van der Waals surface area contributed by atoms with E-state index in [1.54, 1.807) is 23.4 Å². The third kappa shape index (κ3) is 2.88. The first kappa shape index (κ1) is 16.4. The van der Waals surface area contributed by atoms with Crippen molar-refractivity contribution in [2.45, 2.75) is 30.7 Å². The maximum atomic E-state index is 13.1. The molecule has 0 aromatic heterocycles. The molecule has 23 heavy (non-hydrogen) atoms. The molecule has 0 unspecified atom stereocenters. The maximum Gasteiger partial charge on any atom is 0.249 e. The second kappa shape index (κ2) is 5.89. The largest absolute Gasteiger partial charge is 0.366 e. The summed E-state index contributed by atoms with van der Waals surface area (Å²) in [6.45, 7) is 3.99. The molecule has 0 spiro atoms. The zero-order valence-electron chi connectivity index (χ0n) is 13.5. The summed E-state index contributed by atoms with van der Waals surface area (Å²) in [6, 6.07) is 4.65. The third-order valence-corrected chi connectivity index (χ3v) is 6.91. The van der Waals surface area contributed by atoms with Crippen molar-refractivity contribution >= 4 is 15.9 Å². The van der Waals surface area contributed by atoms with Crippen LogP contribution in [-0.2, 0) is 10.0 Å². The summed E-state index contributed by atoms with van der Waals surface area (Å²) in [5.74, 6) is -0.207. The Bertz CT molecular complexity index is 732. The van der Waals surface area contributed by atoms with E-state index in [9.17, 15) is 13.2 Å². The molecule has 0 radical (unpaired) electrons. The van der Waals surface area contributed by atoms with Gasteiger partial charge in [-0.05, 0) is 50.4 Å². The molecule has 2 aliphatic heterocycles. The molecule has 1 amide bonds. The van der Waals surface area contributed by atoms with Crippen LogP contribution < -0.4 is 5.73 Å². The molecule has 0 saturated carbocycles. The Balaban J connectivity index is 1.98. The molecule has 2 aliphatic rings. The quantitative estimate of drug-likeness (QED) is 0.885. The summed E-state index contributed by atoms with van der Waals surface area (Å²) in [5.41, 5.74) is 6.31.